The Morgan fingerprint density at radius 1 is 0.680 bits per heavy atom. The van der Waals surface area contributed by atoms with E-state index in [1.54, 1.807) is 33.5 Å². The molecule has 0 saturated carbocycles. The van der Waals surface area contributed by atoms with Gasteiger partial charge in [-0.3, -0.25) is 0 Å². The highest BCUT2D eigenvalue weighted by Gasteiger charge is 2.14. The lowest BCUT2D eigenvalue weighted by molar-refractivity contribution is 0.324. The molecule has 25 heavy (non-hydrogen) atoms. The summed E-state index contributed by atoms with van der Waals surface area (Å²) in [6.07, 6.45) is 3.67. The zero-order valence-electron chi connectivity index (χ0n) is 15.0. The molecule has 0 atom stereocenters. The van der Waals surface area contributed by atoms with Crippen LogP contribution in [-0.2, 0) is 0 Å². The van der Waals surface area contributed by atoms with Gasteiger partial charge in [0.15, 0.2) is 23.0 Å². The first kappa shape index (κ1) is 18.3. The Hall–Kier alpha value is -3.02. The lowest BCUT2D eigenvalue weighted by Crippen LogP contribution is -1.95. The molecule has 0 aliphatic heterocycles. The molecule has 0 fully saturated rings. The van der Waals surface area contributed by atoms with Crippen LogP contribution in [0.25, 0.3) is 12.2 Å². The highest BCUT2D eigenvalue weighted by molar-refractivity contribution is 5.77. The summed E-state index contributed by atoms with van der Waals surface area (Å²) >= 11 is 0. The fourth-order valence-corrected chi connectivity index (χ4v) is 2.46. The van der Waals surface area contributed by atoms with Crippen LogP contribution in [0.4, 0.5) is 0 Å². The van der Waals surface area contributed by atoms with Crippen molar-refractivity contribution in [3.63, 3.8) is 0 Å². The van der Waals surface area contributed by atoms with Crippen LogP contribution < -0.4 is 23.7 Å². The highest BCUT2D eigenvalue weighted by atomic mass is 16.5. The van der Waals surface area contributed by atoms with Gasteiger partial charge in [-0.15, -0.1) is 0 Å². The Kier molecular flexibility index (Phi) is 6.00. The second kappa shape index (κ2) is 8.19. The van der Waals surface area contributed by atoms with E-state index in [9.17, 15) is 5.11 Å². The fraction of sp³-hybridized carbons (Fsp3) is 0.263. The zero-order valence-corrected chi connectivity index (χ0v) is 15.0. The molecule has 0 aliphatic rings. The summed E-state index contributed by atoms with van der Waals surface area (Å²) < 4.78 is 26.4. The fourth-order valence-electron chi connectivity index (χ4n) is 2.46. The number of methoxy groups -OCH3 is 5. The summed E-state index contributed by atoms with van der Waals surface area (Å²) in [4.78, 5) is 0. The van der Waals surface area contributed by atoms with Crippen molar-refractivity contribution in [2.45, 2.75) is 0 Å². The lowest BCUT2D eigenvalue weighted by Gasteiger charge is -2.13. The highest BCUT2D eigenvalue weighted by Crippen LogP contribution is 2.41. The molecule has 0 aliphatic carbocycles. The van der Waals surface area contributed by atoms with Crippen LogP contribution in [0.2, 0.25) is 0 Å². The number of rotatable bonds is 7. The predicted molar refractivity (Wildman–Crippen MR) is 96.2 cm³/mol. The van der Waals surface area contributed by atoms with Crippen LogP contribution >= 0.6 is 0 Å². The van der Waals surface area contributed by atoms with E-state index >= 15 is 0 Å². The van der Waals surface area contributed by atoms with Crippen LogP contribution in [0, 0.1) is 0 Å². The molecule has 2 aromatic rings. The molecule has 0 aromatic heterocycles. The van der Waals surface area contributed by atoms with Gasteiger partial charge in [-0.25, -0.2) is 0 Å². The van der Waals surface area contributed by atoms with Crippen molar-refractivity contribution in [2.24, 2.45) is 0 Å². The quantitative estimate of drug-likeness (QED) is 0.773. The van der Waals surface area contributed by atoms with E-state index in [0.717, 1.165) is 5.56 Å². The van der Waals surface area contributed by atoms with E-state index in [2.05, 4.69) is 0 Å². The molecule has 0 bridgehead atoms. The summed E-state index contributed by atoms with van der Waals surface area (Å²) in [6.45, 7) is 0. The van der Waals surface area contributed by atoms with E-state index in [-0.39, 0.29) is 5.75 Å². The molecule has 0 radical (unpaired) electrons. The largest absolute Gasteiger partial charge is 0.502 e. The first-order valence-electron chi connectivity index (χ1n) is 7.51. The Labute approximate surface area is 147 Å². The molecule has 134 valence electrons. The van der Waals surface area contributed by atoms with Crippen LogP contribution in [0.5, 0.6) is 34.5 Å². The standard InChI is InChI=1S/C19H22O6/c1-21-14-9-8-13(18(24-4)17(14)20)7-6-12-10-15(22-2)19(25-5)16(11-12)23-3/h6-11,20H,1-5H3/b7-6+. The van der Waals surface area contributed by atoms with Crippen LogP contribution in [0.1, 0.15) is 11.1 Å². The molecule has 0 spiro atoms. The second-order valence-corrected chi connectivity index (χ2v) is 5.03. The molecule has 0 amide bonds. The molecule has 2 aromatic carbocycles. The van der Waals surface area contributed by atoms with Gasteiger partial charge in [-0.1, -0.05) is 12.2 Å². The minimum Gasteiger partial charge on any atom is -0.502 e. The monoisotopic (exact) mass is 346 g/mol. The van der Waals surface area contributed by atoms with Crippen LogP contribution in [-0.4, -0.2) is 40.7 Å². The number of hydrogen-bond donors (Lipinski definition) is 1. The number of aromatic hydroxyl groups is 1. The molecule has 0 heterocycles. The average Bonchev–Trinajstić information content (AvgIpc) is 2.65. The number of ether oxygens (including phenoxy) is 5. The molecule has 1 N–H and O–H groups in total. The van der Waals surface area contributed by atoms with Crippen molar-refractivity contribution in [1.82, 2.24) is 0 Å². The van der Waals surface area contributed by atoms with Gasteiger partial charge in [0.2, 0.25) is 11.5 Å². The Morgan fingerprint density at radius 2 is 1.24 bits per heavy atom. The van der Waals surface area contributed by atoms with E-state index in [1.807, 2.05) is 24.3 Å². The number of hydrogen-bond acceptors (Lipinski definition) is 6. The van der Waals surface area contributed by atoms with Gasteiger partial charge in [0.05, 0.1) is 35.5 Å². The van der Waals surface area contributed by atoms with Crippen molar-refractivity contribution < 1.29 is 28.8 Å². The van der Waals surface area contributed by atoms with Crippen LogP contribution in [0.3, 0.4) is 0 Å². The number of phenolic OH excluding ortho intramolecular Hbond substituents is 1. The molecule has 6 heteroatoms. The normalized spacial score (nSPS) is 10.6. The minimum atomic E-state index is -0.0444. The van der Waals surface area contributed by atoms with E-state index in [4.69, 9.17) is 23.7 Å². The van der Waals surface area contributed by atoms with Crippen molar-refractivity contribution in [1.29, 1.82) is 0 Å². The summed E-state index contributed by atoms with van der Waals surface area (Å²) in [5.41, 5.74) is 1.54. The van der Waals surface area contributed by atoms with E-state index < -0.39 is 0 Å². The van der Waals surface area contributed by atoms with Crippen molar-refractivity contribution in [3.8, 4) is 34.5 Å². The van der Waals surface area contributed by atoms with E-state index in [0.29, 0.717) is 34.3 Å². The van der Waals surface area contributed by atoms with Crippen molar-refractivity contribution in [2.75, 3.05) is 35.5 Å². The summed E-state index contributed by atoms with van der Waals surface area (Å²) in [5.74, 6) is 2.29. The topological polar surface area (TPSA) is 66.4 Å². The maximum absolute atomic E-state index is 10.2. The molecular formula is C19H22O6. The van der Waals surface area contributed by atoms with Crippen molar-refractivity contribution in [3.05, 3.63) is 35.4 Å². The van der Waals surface area contributed by atoms with Gasteiger partial charge < -0.3 is 28.8 Å². The average molecular weight is 346 g/mol. The lowest BCUT2D eigenvalue weighted by atomic mass is 10.1. The van der Waals surface area contributed by atoms with Gasteiger partial charge in [-0.05, 0) is 29.8 Å². The minimum absolute atomic E-state index is 0.0444. The first-order chi connectivity index (χ1) is 12.1. The van der Waals surface area contributed by atoms with Gasteiger partial charge in [0.25, 0.3) is 0 Å². The second-order valence-electron chi connectivity index (χ2n) is 5.03. The molecular weight excluding hydrogens is 324 g/mol. The SMILES string of the molecule is COc1ccc(/C=C/c2cc(OC)c(OC)c(OC)c2)c(OC)c1O. The predicted octanol–water partition coefficient (Wildman–Crippen LogP) is 3.61. The Balaban J connectivity index is 2.44. The maximum Gasteiger partial charge on any atom is 0.203 e. The van der Waals surface area contributed by atoms with Crippen LogP contribution in [0.15, 0.2) is 24.3 Å². The van der Waals surface area contributed by atoms with Gasteiger partial charge in [-0.2, -0.15) is 0 Å². The third-order valence-corrected chi connectivity index (χ3v) is 3.69. The summed E-state index contributed by atoms with van der Waals surface area (Å²) in [5, 5.41) is 10.2. The molecule has 0 saturated heterocycles. The third kappa shape index (κ3) is 3.74. The summed E-state index contributed by atoms with van der Waals surface area (Å²) in [6, 6.07) is 7.13. The molecule has 2 rings (SSSR count). The smallest absolute Gasteiger partial charge is 0.203 e. The zero-order chi connectivity index (χ0) is 18.4. The molecule has 6 nitrogen and oxygen atoms in total. The maximum atomic E-state index is 10.2. The molecule has 0 unspecified atom stereocenters. The van der Waals surface area contributed by atoms with Crippen molar-refractivity contribution >= 4 is 12.2 Å². The Bertz CT molecular complexity index is 742. The first-order valence-corrected chi connectivity index (χ1v) is 7.51. The third-order valence-electron chi connectivity index (χ3n) is 3.69. The number of benzene rings is 2. The Morgan fingerprint density at radius 3 is 1.72 bits per heavy atom. The van der Waals surface area contributed by atoms with E-state index in [1.165, 1.54) is 14.2 Å². The summed E-state index contributed by atoms with van der Waals surface area (Å²) in [7, 11) is 7.66. The van der Waals surface area contributed by atoms with Gasteiger partial charge >= 0.3 is 0 Å². The van der Waals surface area contributed by atoms with Gasteiger partial charge in [0.1, 0.15) is 0 Å². The number of phenols is 1. The van der Waals surface area contributed by atoms with Gasteiger partial charge in [0, 0.05) is 5.56 Å².